The summed E-state index contributed by atoms with van der Waals surface area (Å²) in [4.78, 5) is 11.3. The van der Waals surface area contributed by atoms with Crippen molar-refractivity contribution in [1.29, 1.82) is 5.26 Å². The first-order valence-corrected chi connectivity index (χ1v) is 5.27. The summed E-state index contributed by atoms with van der Waals surface area (Å²) in [5.41, 5.74) is 0. The molecule has 0 radical (unpaired) electrons. The Morgan fingerprint density at radius 2 is 1.93 bits per heavy atom. The average Bonchev–Trinajstić information content (AvgIpc) is 2.47. The summed E-state index contributed by atoms with van der Waals surface area (Å²) in [5.74, 6) is -0.688. The molecule has 0 bridgehead atoms. The molecule has 0 spiro atoms. The largest absolute Gasteiger partial charge is 0.468 e. The molecular weight excluding hydrogens is 178 g/mol. The van der Waals surface area contributed by atoms with Crippen LogP contribution in [-0.2, 0) is 9.53 Å². The van der Waals surface area contributed by atoms with E-state index in [1.165, 1.54) is 20.0 Å². The maximum atomic E-state index is 11.3. The number of carbonyl (C=O) groups excluding carboxylic acids is 1. The number of nitrogens with zero attached hydrogens (tertiary/aromatic N) is 1. The molecule has 14 heavy (non-hydrogen) atoms. The predicted molar refractivity (Wildman–Crippen MR) is 52.3 cm³/mol. The Labute approximate surface area is 85.1 Å². The van der Waals surface area contributed by atoms with Crippen LogP contribution in [0.25, 0.3) is 0 Å². The molecule has 0 aliphatic heterocycles. The van der Waals surface area contributed by atoms with Crippen LogP contribution in [0.1, 0.15) is 38.5 Å². The molecule has 3 heteroatoms. The van der Waals surface area contributed by atoms with Gasteiger partial charge in [0.1, 0.15) is 5.92 Å². The maximum absolute atomic E-state index is 11.3. The van der Waals surface area contributed by atoms with Gasteiger partial charge in [-0.25, -0.2) is 0 Å². The van der Waals surface area contributed by atoms with Gasteiger partial charge in [0, 0.05) is 0 Å². The molecule has 1 atom stereocenters. The van der Waals surface area contributed by atoms with E-state index in [9.17, 15) is 4.79 Å². The van der Waals surface area contributed by atoms with Gasteiger partial charge in [0.15, 0.2) is 0 Å². The number of hydrogen-bond acceptors (Lipinski definition) is 3. The number of ether oxygens (including phenoxy) is 1. The molecule has 0 aromatic carbocycles. The minimum Gasteiger partial charge on any atom is -0.468 e. The Morgan fingerprint density at radius 1 is 1.36 bits per heavy atom. The quantitative estimate of drug-likeness (QED) is 0.501. The first kappa shape index (κ1) is 11.0. The van der Waals surface area contributed by atoms with Gasteiger partial charge in [0.25, 0.3) is 0 Å². The first-order chi connectivity index (χ1) is 6.79. The summed E-state index contributed by atoms with van der Waals surface area (Å²) in [6.45, 7) is 0. The highest BCUT2D eigenvalue weighted by molar-refractivity contribution is 5.75. The number of esters is 1. The number of carbonyl (C=O) groups is 1. The molecule has 0 aromatic heterocycles. The summed E-state index contributed by atoms with van der Waals surface area (Å²) >= 11 is 0. The fraction of sp³-hybridized carbons (Fsp3) is 0.818. The van der Waals surface area contributed by atoms with Crippen LogP contribution in [0, 0.1) is 23.2 Å². The molecule has 1 unspecified atom stereocenters. The van der Waals surface area contributed by atoms with E-state index >= 15 is 0 Å². The van der Waals surface area contributed by atoms with E-state index in [-0.39, 0.29) is 11.9 Å². The van der Waals surface area contributed by atoms with Crippen molar-refractivity contribution in [2.75, 3.05) is 7.11 Å². The molecule has 0 N–H and O–H groups in total. The monoisotopic (exact) mass is 195 g/mol. The van der Waals surface area contributed by atoms with Crippen LogP contribution in [0.4, 0.5) is 0 Å². The van der Waals surface area contributed by atoms with E-state index in [2.05, 4.69) is 10.8 Å². The minimum atomic E-state index is -0.543. The lowest BCUT2D eigenvalue weighted by atomic mass is 9.87. The second-order valence-corrected chi connectivity index (χ2v) is 3.88. The third-order valence-corrected chi connectivity index (χ3v) is 2.97. The molecule has 3 nitrogen and oxygen atoms in total. The fourth-order valence-corrected chi connectivity index (χ4v) is 2.12. The highest BCUT2D eigenvalue weighted by atomic mass is 16.5. The van der Waals surface area contributed by atoms with Gasteiger partial charge in [-0.05, 0) is 18.8 Å². The van der Waals surface area contributed by atoms with Gasteiger partial charge in [-0.1, -0.05) is 25.7 Å². The Balaban J connectivity index is 2.58. The zero-order chi connectivity index (χ0) is 10.4. The fourth-order valence-electron chi connectivity index (χ4n) is 2.12. The average molecular weight is 195 g/mol. The highest BCUT2D eigenvalue weighted by Gasteiger charge is 2.29. The zero-order valence-electron chi connectivity index (χ0n) is 8.66. The Morgan fingerprint density at radius 3 is 2.36 bits per heavy atom. The van der Waals surface area contributed by atoms with Crippen LogP contribution >= 0.6 is 0 Å². The molecular formula is C11H17NO2. The smallest absolute Gasteiger partial charge is 0.323 e. The Kier molecular flexibility index (Phi) is 4.45. The first-order valence-electron chi connectivity index (χ1n) is 5.27. The second-order valence-electron chi connectivity index (χ2n) is 3.88. The van der Waals surface area contributed by atoms with E-state index in [1.54, 1.807) is 0 Å². The lowest BCUT2D eigenvalue weighted by Crippen LogP contribution is -2.23. The number of hydrogen-bond donors (Lipinski definition) is 0. The van der Waals surface area contributed by atoms with Crippen molar-refractivity contribution < 1.29 is 9.53 Å². The van der Waals surface area contributed by atoms with E-state index in [0.717, 1.165) is 25.7 Å². The van der Waals surface area contributed by atoms with Crippen LogP contribution in [0.15, 0.2) is 0 Å². The van der Waals surface area contributed by atoms with E-state index < -0.39 is 5.92 Å². The molecule has 0 heterocycles. The maximum Gasteiger partial charge on any atom is 0.323 e. The van der Waals surface area contributed by atoms with Crippen molar-refractivity contribution in [2.24, 2.45) is 11.8 Å². The van der Waals surface area contributed by atoms with E-state index in [0.29, 0.717) is 0 Å². The highest BCUT2D eigenvalue weighted by Crippen LogP contribution is 2.29. The minimum absolute atomic E-state index is 0.218. The number of nitriles is 1. The van der Waals surface area contributed by atoms with Crippen molar-refractivity contribution in [3.05, 3.63) is 0 Å². The molecule has 1 saturated carbocycles. The molecule has 0 saturated heterocycles. The SMILES string of the molecule is COC(=O)C(C#N)C1CCCCCC1. The lowest BCUT2D eigenvalue weighted by molar-refractivity contribution is -0.145. The molecule has 1 aliphatic rings. The Bertz CT molecular complexity index is 224. The van der Waals surface area contributed by atoms with Crippen LogP contribution in [0.2, 0.25) is 0 Å². The van der Waals surface area contributed by atoms with Crippen LogP contribution in [-0.4, -0.2) is 13.1 Å². The topological polar surface area (TPSA) is 50.1 Å². The zero-order valence-corrected chi connectivity index (χ0v) is 8.66. The van der Waals surface area contributed by atoms with Gasteiger partial charge < -0.3 is 4.74 Å². The summed E-state index contributed by atoms with van der Waals surface area (Å²) < 4.78 is 4.64. The third-order valence-electron chi connectivity index (χ3n) is 2.97. The summed E-state index contributed by atoms with van der Waals surface area (Å²) in [6.07, 6.45) is 6.73. The molecule has 0 amide bonds. The lowest BCUT2D eigenvalue weighted by Gasteiger charge is -2.17. The van der Waals surface area contributed by atoms with Crippen LogP contribution in [0.3, 0.4) is 0 Å². The van der Waals surface area contributed by atoms with Crippen LogP contribution in [0.5, 0.6) is 0 Å². The third kappa shape index (κ3) is 2.73. The summed E-state index contributed by atoms with van der Waals surface area (Å²) in [5, 5.41) is 8.92. The van der Waals surface area contributed by atoms with Crippen LogP contribution < -0.4 is 0 Å². The van der Waals surface area contributed by atoms with Gasteiger partial charge in [-0.2, -0.15) is 5.26 Å². The van der Waals surface area contributed by atoms with Crippen molar-refractivity contribution in [3.63, 3.8) is 0 Å². The van der Waals surface area contributed by atoms with Gasteiger partial charge >= 0.3 is 5.97 Å². The van der Waals surface area contributed by atoms with Gasteiger partial charge in [0.05, 0.1) is 13.2 Å². The van der Waals surface area contributed by atoms with Gasteiger partial charge in [-0.3, -0.25) is 4.79 Å². The van der Waals surface area contributed by atoms with Gasteiger partial charge in [-0.15, -0.1) is 0 Å². The summed E-state index contributed by atoms with van der Waals surface area (Å²) in [7, 11) is 1.35. The number of rotatable bonds is 2. The molecule has 1 fully saturated rings. The van der Waals surface area contributed by atoms with E-state index in [1.807, 2.05) is 0 Å². The van der Waals surface area contributed by atoms with Crippen molar-refractivity contribution in [3.8, 4) is 6.07 Å². The Hall–Kier alpha value is -1.04. The molecule has 1 rings (SSSR count). The standard InChI is InChI=1S/C11H17NO2/c1-14-11(13)10(8-12)9-6-4-2-3-5-7-9/h9-10H,2-7H2,1H3. The van der Waals surface area contributed by atoms with Crippen molar-refractivity contribution in [1.82, 2.24) is 0 Å². The molecule has 1 aliphatic carbocycles. The molecule has 78 valence electrons. The van der Waals surface area contributed by atoms with Crippen molar-refractivity contribution in [2.45, 2.75) is 38.5 Å². The van der Waals surface area contributed by atoms with Gasteiger partial charge in [0.2, 0.25) is 0 Å². The predicted octanol–water partition coefficient (Wildman–Crippen LogP) is 2.27. The normalized spacial score (nSPS) is 20.6. The molecule has 0 aromatic rings. The number of methoxy groups -OCH3 is 1. The van der Waals surface area contributed by atoms with E-state index in [4.69, 9.17) is 5.26 Å². The van der Waals surface area contributed by atoms with Crippen molar-refractivity contribution >= 4 is 5.97 Å². The second kappa shape index (κ2) is 5.64. The summed E-state index contributed by atoms with van der Waals surface area (Å²) in [6, 6.07) is 2.08.